The minimum absolute atomic E-state index is 0.00178. The third kappa shape index (κ3) is 3.54. The molecule has 0 spiro atoms. The van der Waals surface area contributed by atoms with Gasteiger partial charge >= 0.3 is 0 Å². The molecular weight excluding hydrogens is 388 g/mol. The van der Waals surface area contributed by atoms with E-state index in [9.17, 15) is 9.59 Å². The van der Waals surface area contributed by atoms with E-state index in [1.165, 1.54) is 0 Å². The molecule has 1 aromatic carbocycles. The van der Waals surface area contributed by atoms with Crippen molar-refractivity contribution in [2.75, 3.05) is 26.2 Å². The van der Waals surface area contributed by atoms with Gasteiger partial charge in [-0.15, -0.1) is 0 Å². The minimum atomic E-state index is 0.00178. The van der Waals surface area contributed by atoms with E-state index in [-0.39, 0.29) is 23.7 Å². The molecule has 0 unspecified atom stereocenters. The Labute approximate surface area is 175 Å². The molecule has 0 bridgehead atoms. The average molecular weight is 413 g/mol. The first-order valence-electron chi connectivity index (χ1n) is 10.5. The smallest absolute Gasteiger partial charge is 0.274 e. The summed E-state index contributed by atoms with van der Waals surface area (Å²) in [7, 11) is 0. The van der Waals surface area contributed by atoms with Crippen LogP contribution in [0.25, 0.3) is 0 Å². The van der Waals surface area contributed by atoms with E-state index in [1.807, 2.05) is 28.0 Å². The Hall–Kier alpha value is -2.34. The summed E-state index contributed by atoms with van der Waals surface area (Å²) in [5.41, 5.74) is 3.94. The quantitative estimate of drug-likeness (QED) is 0.842. The van der Waals surface area contributed by atoms with Crippen LogP contribution >= 0.6 is 11.6 Å². The van der Waals surface area contributed by atoms with Crippen molar-refractivity contribution in [3.63, 3.8) is 0 Å². The number of hydrogen-bond acceptors (Lipinski definition) is 3. The standard InChI is InChI=1S/C22H25ClN4O2/c23-15-5-1-4-14(12-15)17-13-18(17)21(28)26-8-3-9-27(11-10-26)22(29)20-16-6-2-7-19(16)24-25-20/h1,4-5,12,17-18H,2-3,6-11,13H2,(H,24,25)/t17-,18+/m0/s1. The number of hydrogen-bond donors (Lipinski definition) is 1. The molecule has 0 radical (unpaired) electrons. The number of halogens is 1. The van der Waals surface area contributed by atoms with Gasteiger partial charge in [-0.05, 0) is 55.7 Å². The lowest BCUT2D eigenvalue weighted by atomic mass is 10.1. The van der Waals surface area contributed by atoms with Crippen LogP contribution in [0.3, 0.4) is 0 Å². The molecule has 1 aromatic heterocycles. The van der Waals surface area contributed by atoms with Crippen LogP contribution in [0.1, 0.15) is 52.5 Å². The number of rotatable bonds is 3. The maximum atomic E-state index is 13.0. The highest BCUT2D eigenvalue weighted by molar-refractivity contribution is 6.30. The second kappa shape index (κ2) is 7.48. The average Bonchev–Trinajstić information content (AvgIpc) is 3.32. The van der Waals surface area contributed by atoms with Gasteiger partial charge in [-0.1, -0.05) is 23.7 Å². The molecule has 2 aliphatic carbocycles. The van der Waals surface area contributed by atoms with Gasteiger partial charge in [0.1, 0.15) is 0 Å². The number of carbonyl (C=O) groups is 2. The Morgan fingerprint density at radius 2 is 1.90 bits per heavy atom. The third-order valence-electron chi connectivity index (χ3n) is 6.49. The van der Waals surface area contributed by atoms with Gasteiger partial charge in [0, 0.05) is 48.4 Å². The first-order chi connectivity index (χ1) is 14.1. The predicted molar refractivity (Wildman–Crippen MR) is 110 cm³/mol. The predicted octanol–water partition coefficient (Wildman–Crippen LogP) is 3.03. The Morgan fingerprint density at radius 3 is 2.76 bits per heavy atom. The van der Waals surface area contributed by atoms with Crippen molar-refractivity contribution >= 4 is 23.4 Å². The first kappa shape index (κ1) is 18.7. The van der Waals surface area contributed by atoms with Crippen molar-refractivity contribution in [1.82, 2.24) is 20.0 Å². The van der Waals surface area contributed by atoms with Crippen LogP contribution in [0, 0.1) is 5.92 Å². The lowest BCUT2D eigenvalue weighted by molar-refractivity contribution is -0.132. The number of aromatic amines is 1. The number of nitrogens with one attached hydrogen (secondary N) is 1. The van der Waals surface area contributed by atoms with Gasteiger partial charge < -0.3 is 9.80 Å². The number of aromatic nitrogens is 2. The number of nitrogens with zero attached hydrogens (tertiary/aromatic N) is 3. The zero-order valence-corrected chi connectivity index (χ0v) is 17.1. The summed E-state index contributed by atoms with van der Waals surface area (Å²) in [6, 6.07) is 7.82. The molecule has 5 rings (SSSR count). The van der Waals surface area contributed by atoms with E-state index in [4.69, 9.17) is 11.6 Å². The Morgan fingerprint density at radius 1 is 1.07 bits per heavy atom. The molecule has 1 aliphatic heterocycles. The van der Waals surface area contributed by atoms with Gasteiger partial charge in [0.05, 0.1) is 0 Å². The van der Waals surface area contributed by atoms with E-state index in [0.29, 0.717) is 31.9 Å². The van der Waals surface area contributed by atoms with Gasteiger partial charge in [0.2, 0.25) is 5.91 Å². The van der Waals surface area contributed by atoms with Crippen LogP contribution in [-0.4, -0.2) is 58.0 Å². The molecular formula is C22H25ClN4O2. The van der Waals surface area contributed by atoms with Gasteiger partial charge in [0.15, 0.2) is 5.69 Å². The molecule has 6 nitrogen and oxygen atoms in total. The normalized spacial score (nSPS) is 23.6. The number of aryl methyl sites for hydroxylation is 1. The SMILES string of the molecule is O=C(c1n[nH]c2c1CCC2)N1CCCN(C(=O)[C@@H]2C[C@H]2c2cccc(Cl)c2)CC1. The largest absolute Gasteiger partial charge is 0.341 e. The van der Waals surface area contributed by atoms with Crippen molar-refractivity contribution in [1.29, 1.82) is 0 Å². The summed E-state index contributed by atoms with van der Waals surface area (Å²) in [5.74, 6) is 0.533. The fourth-order valence-corrected chi connectivity index (χ4v) is 4.99. The summed E-state index contributed by atoms with van der Waals surface area (Å²) < 4.78 is 0. The van der Waals surface area contributed by atoms with Crippen LogP contribution < -0.4 is 0 Å². The van der Waals surface area contributed by atoms with Crippen LogP contribution in [0.15, 0.2) is 24.3 Å². The van der Waals surface area contributed by atoms with Crippen molar-refractivity contribution in [3.05, 3.63) is 51.8 Å². The Kier molecular flexibility index (Phi) is 4.82. The van der Waals surface area contributed by atoms with E-state index >= 15 is 0 Å². The molecule has 1 N–H and O–H groups in total. The van der Waals surface area contributed by atoms with Gasteiger partial charge in [-0.3, -0.25) is 14.7 Å². The Balaban J connectivity index is 1.21. The summed E-state index contributed by atoms with van der Waals surface area (Å²) in [5, 5.41) is 8.02. The maximum absolute atomic E-state index is 13.0. The molecule has 1 saturated carbocycles. The maximum Gasteiger partial charge on any atom is 0.274 e. The molecule has 2 heterocycles. The summed E-state index contributed by atoms with van der Waals surface area (Å²) >= 11 is 6.10. The fourth-order valence-electron chi connectivity index (χ4n) is 4.79. The van der Waals surface area contributed by atoms with Gasteiger partial charge in [0.25, 0.3) is 5.91 Å². The van der Waals surface area contributed by atoms with Crippen LogP contribution in [-0.2, 0) is 17.6 Å². The Bertz CT molecular complexity index is 956. The number of H-pyrrole nitrogens is 1. The van der Waals surface area contributed by atoms with E-state index in [0.717, 1.165) is 53.9 Å². The highest BCUT2D eigenvalue weighted by Gasteiger charge is 2.46. The molecule has 2 aromatic rings. The van der Waals surface area contributed by atoms with Gasteiger partial charge in [-0.25, -0.2) is 0 Å². The van der Waals surface area contributed by atoms with Crippen LogP contribution in [0.5, 0.6) is 0 Å². The van der Waals surface area contributed by atoms with E-state index in [2.05, 4.69) is 16.3 Å². The molecule has 29 heavy (non-hydrogen) atoms. The zero-order chi connectivity index (χ0) is 20.0. The van der Waals surface area contributed by atoms with E-state index < -0.39 is 0 Å². The molecule has 2 amide bonds. The topological polar surface area (TPSA) is 69.3 Å². The number of carbonyl (C=O) groups excluding carboxylic acids is 2. The second-order valence-electron chi connectivity index (χ2n) is 8.36. The first-order valence-corrected chi connectivity index (χ1v) is 10.9. The summed E-state index contributed by atoms with van der Waals surface area (Å²) in [6.07, 6.45) is 4.68. The number of benzene rings is 1. The van der Waals surface area contributed by atoms with Crippen LogP contribution in [0.4, 0.5) is 0 Å². The molecule has 152 valence electrons. The van der Waals surface area contributed by atoms with Crippen molar-refractivity contribution in [2.24, 2.45) is 5.92 Å². The zero-order valence-electron chi connectivity index (χ0n) is 16.4. The van der Waals surface area contributed by atoms with E-state index in [1.54, 1.807) is 0 Å². The minimum Gasteiger partial charge on any atom is -0.341 e. The lowest BCUT2D eigenvalue weighted by Crippen LogP contribution is -2.38. The van der Waals surface area contributed by atoms with Crippen molar-refractivity contribution < 1.29 is 9.59 Å². The summed E-state index contributed by atoms with van der Waals surface area (Å²) in [6.45, 7) is 2.55. The fraction of sp³-hybridized carbons (Fsp3) is 0.500. The lowest BCUT2D eigenvalue weighted by Gasteiger charge is -2.22. The molecule has 3 aliphatic rings. The molecule has 1 saturated heterocycles. The molecule has 7 heteroatoms. The van der Waals surface area contributed by atoms with Crippen molar-refractivity contribution in [3.8, 4) is 0 Å². The molecule has 2 fully saturated rings. The second-order valence-corrected chi connectivity index (χ2v) is 8.79. The van der Waals surface area contributed by atoms with Crippen LogP contribution in [0.2, 0.25) is 5.02 Å². The number of fused-ring (bicyclic) bond motifs is 1. The van der Waals surface area contributed by atoms with Gasteiger partial charge in [-0.2, -0.15) is 5.10 Å². The third-order valence-corrected chi connectivity index (χ3v) is 6.72. The molecule has 2 atom stereocenters. The number of amides is 2. The van der Waals surface area contributed by atoms with Crippen molar-refractivity contribution in [2.45, 2.75) is 38.0 Å². The summed E-state index contributed by atoms with van der Waals surface area (Å²) in [4.78, 5) is 29.8. The highest BCUT2D eigenvalue weighted by Crippen LogP contribution is 2.49. The monoisotopic (exact) mass is 412 g/mol. The highest BCUT2D eigenvalue weighted by atomic mass is 35.5.